The van der Waals surface area contributed by atoms with Crippen LogP contribution < -0.4 is 0 Å². The summed E-state index contributed by atoms with van der Waals surface area (Å²) in [6.07, 6.45) is 3.92. The number of hydrogen-bond donors (Lipinski definition) is 0. The highest BCUT2D eigenvalue weighted by Gasteiger charge is 2.21. The quantitative estimate of drug-likeness (QED) is 0.535. The van der Waals surface area contributed by atoms with Crippen LogP contribution in [0.2, 0.25) is 0 Å². The number of piperidine rings is 1. The molecule has 0 radical (unpaired) electrons. The molecule has 142 valence electrons. The average molecular weight is 376 g/mol. The predicted octanol–water partition coefficient (Wildman–Crippen LogP) is 3.60. The van der Waals surface area contributed by atoms with Gasteiger partial charge < -0.3 is 4.90 Å². The zero-order valence-electron chi connectivity index (χ0n) is 15.9. The maximum Gasteiger partial charge on any atom is 0.153 e. The average Bonchev–Trinajstić information content (AvgIpc) is 3.07. The molecule has 0 atom stereocenters. The molecule has 1 aromatic carbocycles. The minimum Gasteiger partial charge on any atom is -0.306 e. The Hall–Kier alpha value is -2.93. The Morgan fingerprint density at radius 2 is 1.89 bits per heavy atom. The summed E-state index contributed by atoms with van der Waals surface area (Å²) in [4.78, 5) is 6.68. The van der Waals surface area contributed by atoms with E-state index in [4.69, 9.17) is 0 Å². The molecule has 6 nitrogen and oxygen atoms in total. The smallest absolute Gasteiger partial charge is 0.153 e. The summed E-state index contributed by atoms with van der Waals surface area (Å²) in [5.74, 6) is 0.0565. The monoisotopic (exact) mass is 376 g/mol. The first-order valence-corrected chi connectivity index (χ1v) is 9.56. The van der Waals surface area contributed by atoms with E-state index in [2.05, 4.69) is 32.2 Å². The standard InChI is InChI=1S/C21H21FN6/c1-13-12-28-21(23-13)4-3-18(26-28)15-9-17(22)16-11-19(24-25-20(16)10-15)14-5-7-27(2)8-6-14/h3-4,9-12,14H,5-8H2,1-2H3. The number of likely N-dealkylation sites (tertiary alicyclic amines) is 1. The van der Waals surface area contributed by atoms with Gasteiger partial charge in [0.05, 0.1) is 28.8 Å². The molecular formula is C21H21FN6. The topological polar surface area (TPSA) is 59.2 Å². The minimum absolute atomic E-state index is 0.291. The van der Waals surface area contributed by atoms with Crippen molar-refractivity contribution in [2.75, 3.05) is 20.1 Å². The Bertz CT molecular complexity index is 1180. The van der Waals surface area contributed by atoms with Crippen molar-refractivity contribution >= 4 is 16.6 Å². The Morgan fingerprint density at radius 3 is 2.71 bits per heavy atom. The second-order valence-corrected chi connectivity index (χ2v) is 7.64. The van der Waals surface area contributed by atoms with Gasteiger partial charge in [0.15, 0.2) is 5.65 Å². The number of fused-ring (bicyclic) bond motifs is 2. The normalized spacial score (nSPS) is 16.2. The molecule has 28 heavy (non-hydrogen) atoms. The van der Waals surface area contributed by atoms with Crippen molar-refractivity contribution in [2.24, 2.45) is 0 Å². The first kappa shape index (κ1) is 17.2. The molecule has 0 aliphatic carbocycles. The molecule has 0 N–H and O–H groups in total. The Morgan fingerprint density at radius 1 is 1.07 bits per heavy atom. The third-order valence-electron chi connectivity index (χ3n) is 5.55. The van der Waals surface area contributed by atoms with Crippen LogP contribution in [0.25, 0.3) is 27.8 Å². The van der Waals surface area contributed by atoms with E-state index >= 15 is 0 Å². The maximum atomic E-state index is 14.9. The molecule has 0 amide bonds. The van der Waals surface area contributed by atoms with Gasteiger partial charge in [0.1, 0.15) is 5.82 Å². The van der Waals surface area contributed by atoms with Crippen molar-refractivity contribution in [1.82, 2.24) is 29.7 Å². The van der Waals surface area contributed by atoms with Gasteiger partial charge in [-0.1, -0.05) is 0 Å². The van der Waals surface area contributed by atoms with Crippen molar-refractivity contribution in [3.63, 3.8) is 0 Å². The SMILES string of the molecule is Cc1cn2nc(-c3cc(F)c4cc(C5CCN(C)CC5)nnc4c3)ccc2n1. The first-order valence-electron chi connectivity index (χ1n) is 9.56. The van der Waals surface area contributed by atoms with E-state index in [9.17, 15) is 4.39 Å². The van der Waals surface area contributed by atoms with Crippen LogP contribution in [-0.4, -0.2) is 49.8 Å². The molecule has 3 aromatic heterocycles. The molecule has 1 aliphatic heterocycles. The van der Waals surface area contributed by atoms with Crippen LogP contribution in [0, 0.1) is 12.7 Å². The van der Waals surface area contributed by atoms with Gasteiger partial charge in [-0.2, -0.15) is 15.3 Å². The van der Waals surface area contributed by atoms with Crippen molar-refractivity contribution < 1.29 is 4.39 Å². The number of hydrogen-bond acceptors (Lipinski definition) is 5. The largest absolute Gasteiger partial charge is 0.306 e. The number of imidazole rings is 1. The van der Waals surface area contributed by atoms with Crippen molar-refractivity contribution in [3.8, 4) is 11.3 Å². The first-order chi connectivity index (χ1) is 13.6. The number of nitrogens with zero attached hydrogens (tertiary/aromatic N) is 6. The lowest BCUT2D eigenvalue weighted by molar-refractivity contribution is 0.253. The van der Waals surface area contributed by atoms with Crippen molar-refractivity contribution in [2.45, 2.75) is 25.7 Å². The molecule has 0 bridgehead atoms. The molecule has 1 saturated heterocycles. The molecule has 0 unspecified atom stereocenters. The summed E-state index contributed by atoms with van der Waals surface area (Å²) in [5, 5.41) is 13.8. The molecule has 1 fully saturated rings. The minimum atomic E-state index is -0.291. The number of benzene rings is 1. The Balaban J connectivity index is 1.53. The van der Waals surface area contributed by atoms with Gasteiger partial charge in [-0.15, -0.1) is 0 Å². The summed E-state index contributed by atoms with van der Waals surface area (Å²) < 4.78 is 16.6. The van der Waals surface area contributed by atoms with E-state index in [1.165, 1.54) is 6.07 Å². The van der Waals surface area contributed by atoms with Crippen LogP contribution in [0.15, 0.2) is 36.5 Å². The summed E-state index contributed by atoms with van der Waals surface area (Å²) >= 11 is 0. The fourth-order valence-electron chi connectivity index (χ4n) is 3.92. The summed E-state index contributed by atoms with van der Waals surface area (Å²) in [7, 11) is 2.12. The summed E-state index contributed by atoms with van der Waals surface area (Å²) in [6, 6.07) is 8.98. The van der Waals surface area contributed by atoms with Gasteiger partial charge in [-0.3, -0.25) is 0 Å². The van der Waals surface area contributed by atoms with E-state index in [-0.39, 0.29) is 5.82 Å². The second-order valence-electron chi connectivity index (χ2n) is 7.64. The van der Waals surface area contributed by atoms with Gasteiger partial charge in [0, 0.05) is 16.9 Å². The van der Waals surface area contributed by atoms with Gasteiger partial charge in [0.2, 0.25) is 0 Å². The zero-order valence-corrected chi connectivity index (χ0v) is 15.9. The highest BCUT2D eigenvalue weighted by Crippen LogP contribution is 2.30. The second kappa shape index (κ2) is 6.60. The zero-order chi connectivity index (χ0) is 19.3. The number of rotatable bonds is 2. The van der Waals surface area contributed by atoms with Crippen LogP contribution in [0.3, 0.4) is 0 Å². The third-order valence-corrected chi connectivity index (χ3v) is 5.55. The van der Waals surface area contributed by atoms with Crippen molar-refractivity contribution in [1.29, 1.82) is 0 Å². The number of halogens is 1. The van der Waals surface area contributed by atoms with E-state index in [0.717, 1.165) is 43.0 Å². The molecule has 1 aliphatic rings. The highest BCUT2D eigenvalue weighted by atomic mass is 19.1. The Kier molecular flexibility index (Phi) is 4.05. The maximum absolute atomic E-state index is 14.9. The third kappa shape index (κ3) is 3.01. The van der Waals surface area contributed by atoms with E-state index in [0.29, 0.717) is 28.1 Å². The van der Waals surface area contributed by atoms with Crippen LogP contribution in [0.5, 0.6) is 0 Å². The highest BCUT2D eigenvalue weighted by molar-refractivity contribution is 5.84. The lowest BCUT2D eigenvalue weighted by atomic mass is 9.93. The van der Waals surface area contributed by atoms with E-state index in [1.54, 1.807) is 4.52 Å². The molecule has 5 rings (SSSR count). The summed E-state index contributed by atoms with van der Waals surface area (Å²) in [6.45, 7) is 3.99. The molecule has 0 saturated carbocycles. The predicted molar refractivity (Wildman–Crippen MR) is 106 cm³/mol. The lowest BCUT2D eigenvalue weighted by Gasteiger charge is -2.28. The molecule has 0 spiro atoms. The lowest BCUT2D eigenvalue weighted by Crippen LogP contribution is -2.29. The van der Waals surface area contributed by atoms with Gasteiger partial charge in [-0.05, 0) is 70.2 Å². The molecule has 4 heterocycles. The van der Waals surface area contributed by atoms with Crippen LogP contribution in [0.4, 0.5) is 4.39 Å². The Labute approximate surface area is 162 Å². The fraction of sp³-hybridized carbons (Fsp3) is 0.333. The van der Waals surface area contributed by atoms with Gasteiger partial charge in [-0.25, -0.2) is 13.9 Å². The molecular weight excluding hydrogens is 355 g/mol. The fourth-order valence-corrected chi connectivity index (χ4v) is 3.92. The van der Waals surface area contributed by atoms with Gasteiger partial charge >= 0.3 is 0 Å². The number of aryl methyl sites for hydroxylation is 1. The van der Waals surface area contributed by atoms with E-state index in [1.807, 2.05) is 37.4 Å². The van der Waals surface area contributed by atoms with E-state index < -0.39 is 0 Å². The van der Waals surface area contributed by atoms with Crippen LogP contribution >= 0.6 is 0 Å². The van der Waals surface area contributed by atoms with Gasteiger partial charge in [0.25, 0.3) is 0 Å². The van der Waals surface area contributed by atoms with Crippen LogP contribution in [-0.2, 0) is 0 Å². The number of aromatic nitrogens is 5. The molecule has 7 heteroatoms. The molecule has 4 aromatic rings. The van der Waals surface area contributed by atoms with Crippen LogP contribution in [0.1, 0.15) is 30.1 Å². The van der Waals surface area contributed by atoms with Crippen molar-refractivity contribution in [3.05, 3.63) is 53.7 Å². The summed E-state index contributed by atoms with van der Waals surface area (Å²) in [5.41, 5.74) is 4.45.